The van der Waals surface area contributed by atoms with Crippen LogP contribution in [0.2, 0.25) is 5.02 Å². The van der Waals surface area contributed by atoms with Crippen molar-refractivity contribution in [3.63, 3.8) is 0 Å². The molecule has 5 heteroatoms. The molecule has 4 nitrogen and oxygen atoms in total. The fourth-order valence-electron chi connectivity index (χ4n) is 1.34. The van der Waals surface area contributed by atoms with E-state index in [-0.39, 0.29) is 0 Å². The van der Waals surface area contributed by atoms with Gasteiger partial charge < -0.3 is 10.5 Å². The number of nitrogen functional groups attached to an aromatic ring is 1. The van der Waals surface area contributed by atoms with Crippen LogP contribution in [0, 0.1) is 13.8 Å². The van der Waals surface area contributed by atoms with Gasteiger partial charge in [0, 0.05) is 0 Å². The Bertz CT molecular complexity index is 557. The minimum absolute atomic E-state index is 0.401. The van der Waals surface area contributed by atoms with Gasteiger partial charge in [-0.25, -0.2) is 9.97 Å². The molecule has 0 aliphatic rings. The zero-order valence-corrected chi connectivity index (χ0v) is 10.3. The van der Waals surface area contributed by atoms with Crippen LogP contribution in [-0.4, -0.2) is 9.97 Å². The zero-order chi connectivity index (χ0) is 12.4. The summed E-state index contributed by atoms with van der Waals surface area (Å²) in [5, 5.41) is 0.543. The molecule has 2 aromatic rings. The summed E-state index contributed by atoms with van der Waals surface area (Å²) >= 11 is 6.07. The molecule has 0 saturated heterocycles. The molecular weight excluding hydrogens is 238 g/mol. The predicted molar refractivity (Wildman–Crippen MR) is 67.4 cm³/mol. The average molecular weight is 250 g/mol. The van der Waals surface area contributed by atoms with Gasteiger partial charge in [-0.05, 0) is 31.5 Å². The standard InChI is InChI=1S/C12H12ClN3O/c1-7-3-4-10(9(13)5-7)17-12-8(2)11(14)15-6-16-12/h3-6H,1-2H3,(H2,14,15,16). The molecule has 0 fully saturated rings. The monoisotopic (exact) mass is 249 g/mol. The molecule has 17 heavy (non-hydrogen) atoms. The Kier molecular flexibility index (Phi) is 3.15. The van der Waals surface area contributed by atoms with Crippen molar-refractivity contribution in [1.29, 1.82) is 0 Å². The van der Waals surface area contributed by atoms with Crippen LogP contribution in [0.4, 0.5) is 5.82 Å². The molecule has 88 valence electrons. The highest BCUT2D eigenvalue weighted by Gasteiger charge is 2.09. The molecular formula is C12H12ClN3O. The van der Waals surface area contributed by atoms with Crippen LogP contribution >= 0.6 is 11.6 Å². The van der Waals surface area contributed by atoms with E-state index < -0.39 is 0 Å². The molecule has 0 aliphatic heterocycles. The Morgan fingerprint density at radius 1 is 1.24 bits per heavy atom. The van der Waals surface area contributed by atoms with Crippen LogP contribution in [0.15, 0.2) is 24.5 Å². The second-order valence-corrected chi connectivity index (χ2v) is 4.13. The third kappa shape index (κ3) is 2.47. The minimum atomic E-state index is 0.401. The largest absolute Gasteiger partial charge is 0.437 e. The first-order chi connectivity index (χ1) is 8.08. The van der Waals surface area contributed by atoms with Gasteiger partial charge in [0.15, 0.2) is 0 Å². The van der Waals surface area contributed by atoms with Gasteiger partial charge in [-0.3, -0.25) is 0 Å². The molecule has 0 bridgehead atoms. The molecule has 0 atom stereocenters. The van der Waals surface area contributed by atoms with E-state index >= 15 is 0 Å². The minimum Gasteiger partial charge on any atom is -0.437 e. The number of aryl methyl sites for hydroxylation is 1. The van der Waals surface area contributed by atoms with Crippen molar-refractivity contribution in [2.24, 2.45) is 0 Å². The van der Waals surface area contributed by atoms with Crippen LogP contribution in [0.1, 0.15) is 11.1 Å². The molecule has 1 aromatic heterocycles. The van der Waals surface area contributed by atoms with E-state index in [1.165, 1.54) is 6.33 Å². The van der Waals surface area contributed by atoms with Crippen molar-refractivity contribution in [2.75, 3.05) is 5.73 Å². The molecule has 0 amide bonds. The maximum atomic E-state index is 6.07. The van der Waals surface area contributed by atoms with E-state index in [2.05, 4.69) is 9.97 Å². The van der Waals surface area contributed by atoms with Crippen molar-refractivity contribution in [3.05, 3.63) is 40.7 Å². The molecule has 2 N–H and O–H groups in total. The highest BCUT2D eigenvalue weighted by Crippen LogP contribution is 2.31. The van der Waals surface area contributed by atoms with Crippen molar-refractivity contribution in [1.82, 2.24) is 9.97 Å². The first kappa shape index (κ1) is 11.7. The normalized spacial score (nSPS) is 10.3. The summed E-state index contributed by atoms with van der Waals surface area (Å²) < 4.78 is 5.61. The fraction of sp³-hybridized carbons (Fsp3) is 0.167. The molecule has 2 rings (SSSR count). The Morgan fingerprint density at radius 2 is 2.00 bits per heavy atom. The summed E-state index contributed by atoms with van der Waals surface area (Å²) in [4.78, 5) is 7.90. The lowest BCUT2D eigenvalue weighted by atomic mass is 10.2. The first-order valence-electron chi connectivity index (χ1n) is 5.09. The Hall–Kier alpha value is -1.81. The maximum absolute atomic E-state index is 6.07. The number of nitrogens with zero attached hydrogens (tertiary/aromatic N) is 2. The van der Waals surface area contributed by atoms with Crippen molar-refractivity contribution >= 4 is 17.4 Å². The predicted octanol–water partition coefficient (Wildman–Crippen LogP) is 3.12. The molecule has 0 saturated carbocycles. The van der Waals surface area contributed by atoms with Crippen LogP contribution in [0.3, 0.4) is 0 Å². The van der Waals surface area contributed by atoms with E-state index in [1.807, 2.05) is 19.1 Å². The highest BCUT2D eigenvalue weighted by molar-refractivity contribution is 6.32. The van der Waals surface area contributed by atoms with Gasteiger partial charge in [0.1, 0.15) is 17.9 Å². The fourth-order valence-corrected chi connectivity index (χ4v) is 1.62. The molecule has 0 aliphatic carbocycles. The topological polar surface area (TPSA) is 61.0 Å². The molecule has 0 spiro atoms. The third-order valence-corrected chi connectivity index (χ3v) is 2.67. The Labute approximate surface area is 104 Å². The van der Waals surface area contributed by atoms with E-state index in [9.17, 15) is 0 Å². The van der Waals surface area contributed by atoms with Gasteiger partial charge in [0.2, 0.25) is 5.88 Å². The van der Waals surface area contributed by atoms with Gasteiger partial charge in [-0.2, -0.15) is 0 Å². The molecule has 1 heterocycles. The number of halogens is 1. The van der Waals surface area contributed by atoms with Gasteiger partial charge in [0.05, 0.1) is 10.6 Å². The van der Waals surface area contributed by atoms with E-state index in [1.54, 1.807) is 13.0 Å². The number of anilines is 1. The number of ether oxygens (including phenoxy) is 1. The van der Waals surface area contributed by atoms with Gasteiger partial charge in [-0.1, -0.05) is 17.7 Å². The summed E-state index contributed by atoms with van der Waals surface area (Å²) in [6, 6.07) is 5.55. The number of aromatic nitrogens is 2. The van der Waals surface area contributed by atoms with Crippen LogP contribution in [0.25, 0.3) is 0 Å². The third-order valence-electron chi connectivity index (χ3n) is 2.37. The second-order valence-electron chi connectivity index (χ2n) is 3.73. The Morgan fingerprint density at radius 3 is 2.71 bits per heavy atom. The smallest absolute Gasteiger partial charge is 0.227 e. The quantitative estimate of drug-likeness (QED) is 0.888. The van der Waals surface area contributed by atoms with E-state index in [0.29, 0.717) is 28.0 Å². The zero-order valence-electron chi connectivity index (χ0n) is 9.57. The number of benzene rings is 1. The number of nitrogens with two attached hydrogens (primary N) is 1. The summed E-state index contributed by atoms with van der Waals surface area (Å²) in [6.07, 6.45) is 1.36. The van der Waals surface area contributed by atoms with E-state index in [4.69, 9.17) is 22.1 Å². The molecule has 1 aromatic carbocycles. The lowest BCUT2D eigenvalue weighted by Gasteiger charge is -2.09. The molecule has 0 unspecified atom stereocenters. The van der Waals surface area contributed by atoms with Crippen LogP contribution < -0.4 is 10.5 Å². The average Bonchev–Trinajstić information content (AvgIpc) is 2.28. The summed E-state index contributed by atoms with van der Waals surface area (Å²) in [6.45, 7) is 3.76. The summed E-state index contributed by atoms with van der Waals surface area (Å²) in [5.74, 6) is 1.37. The van der Waals surface area contributed by atoms with Crippen LogP contribution in [0.5, 0.6) is 11.6 Å². The first-order valence-corrected chi connectivity index (χ1v) is 5.47. The number of rotatable bonds is 2. The van der Waals surface area contributed by atoms with Crippen molar-refractivity contribution < 1.29 is 4.74 Å². The van der Waals surface area contributed by atoms with Gasteiger partial charge in [-0.15, -0.1) is 0 Å². The second kappa shape index (κ2) is 4.59. The Balaban J connectivity index is 2.35. The number of hydrogen-bond acceptors (Lipinski definition) is 4. The van der Waals surface area contributed by atoms with Gasteiger partial charge >= 0.3 is 0 Å². The van der Waals surface area contributed by atoms with Crippen molar-refractivity contribution in [2.45, 2.75) is 13.8 Å². The van der Waals surface area contributed by atoms with Crippen molar-refractivity contribution in [3.8, 4) is 11.6 Å². The summed E-state index contributed by atoms with van der Waals surface area (Å²) in [7, 11) is 0. The summed E-state index contributed by atoms with van der Waals surface area (Å²) in [5.41, 5.74) is 7.44. The van der Waals surface area contributed by atoms with Crippen LogP contribution in [-0.2, 0) is 0 Å². The van der Waals surface area contributed by atoms with Gasteiger partial charge in [0.25, 0.3) is 0 Å². The lowest BCUT2D eigenvalue weighted by molar-refractivity contribution is 0.458. The number of hydrogen-bond donors (Lipinski definition) is 1. The van der Waals surface area contributed by atoms with E-state index in [0.717, 1.165) is 5.56 Å². The highest BCUT2D eigenvalue weighted by atomic mass is 35.5. The maximum Gasteiger partial charge on any atom is 0.227 e. The molecule has 0 radical (unpaired) electrons. The SMILES string of the molecule is Cc1ccc(Oc2ncnc(N)c2C)c(Cl)c1. The lowest BCUT2D eigenvalue weighted by Crippen LogP contribution is -1.99.